The molecule has 9 N–H and O–H groups in total. The van der Waals surface area contributed by atoms with Crippen molar-refractivity contribution in [3.05, 3.63) is 39.9 Å². The van der Waals surface area contributed by atoms with Crippen molar-refractivity contribution in [2.75, 3.05) is 78.5 Å². The van der Waals surface area contributed by atoms with Crippen LogP contribution in [0.4, 0.5) is 5.69 Å². The zero-order chi connectivity index (χ0) is 22.7. The third-order valence-corrected chi connectivity index (χ3v) is 6.07. The van der Waals surface area contributed by atoms with Crippen molar-refractivity contribution in [1.82, 2.24) is 37.2 Å². The molecule has 11 heteroatoms. The van der Waals surface area contributed by atoms with E-state index in [4.69, 9.17) is 5.73 Å². The summed E-state index contributed by atoms with van der Waals surface area (Å²) in [5.41, 5.74) is 7.24. The van der Waals surface area contributed by atoms with Crippen molar-refractivity contribution in [2.45, 2.75) is 17.6 Å². The second-order valence-electron chi connectivity index (χ2n) is 8.98. The second-order valence-corrected chi connectivity index (χ2v) is 8.98. The largest absolute Gasteiger partial charge is 0.322 e. The highest BCUT2D eigenvalue weighted by Gasteiger charge is 2.30. The van der Waals surface area contributed by atoms with Crippen LogP contribution in [-0.2, 0) is 6.54 Å². The van der Waals surface area contributed by atoms with Crippen LogP contribution in [0.25, 0.3) is 0 Å². The summed E-state index contributed by atoms with van der Waals surface area (Å²) in [7, 11) is 0. The predicted octanol–water partition coefficient (Wildman–Crippen LogP) is -2.31. The number of benzene rings is 1. The Kier molecular flexibility index (Phi) is 9.75. The molecule has 3 aliphatic rings. The van der Waals surface area contributed by atoms with E-state index in [0.29, 0.717) is 6.54 Å². The second kappa shape index (κ2) is 12.5. The summed E-state index contributed by atoms with van der Waals surface area (Å²) in [4.78, 5) is 10.6. The third kappa shape index (κ3) is 8.01. The molecule has 32 heavy (non-hydrogen) atoms. The molecule has 0 amide bonds. The molecule has 0 radical (unpaired) electrons. The molecule has 0 atom stereocenters. The van der Waals surface area contributed by atoms with Gasteiger partial charge in [-0.25, -0.2) is 0 Å². The molecular formula is C21H39N9O2. The smallest absolute Gasteiger partial charge is 0.269 e. The van der Waals surface area contributed by atoms with Crippen LogP contribution in [0.15, 0.2) is 24.3 Å². The lowest BCUT2D eigenvalue weighted by Gasteiger charge is -2.37. The van der Waals surface area contributed by atoms with Gasteiger partial charge >= 0.3 is 0 Å². The van der Waals surface area contributed by atoms with E-state index in [1.165, 1.54) is 0 Å². The maximum absolute atomic E-state index is 10.9. The van der Waals surface area contributed by atoms with Crippen molar-refractivity contribution >= 4 is 5.69 Å². The lowest BCUT2D eigenvalue weighted by atomic mass is 9.97. The molecule has 3 aliphatic heterocycles. The van der Waals surface area contributed by atoms with Gasteiger partial charge in [-0.2, -0.15) is 0 Å². The van der Waals surface area contributed by atoms with Gasteiger partial charge in [0.15, 0.2) is 0 Å². The Morgan fingerprint density at radius 3 is 1.59 bits per heavy atom. The van der Waals surface area contributed by atoms with Gasteiger partial charge in [0.2, 0.25) is 0 Å². The molecule has 0 spiro atoms. The molecule has 0 saturated carbocycles. The number of nitrogens with two attached hydrogens (primary N) is 1. The molecule has 3 fully saturated rings. The summed E-state index contributed by atoms with van der Waals surface area (Å²) < 4.78 is 0. The van der Waals surface area contributed by atoms with Crippen LogP contribution < -0.4 is 43.0 Å². The molecule has 11 nitrogen and oxygen atoms in total. The van der Waals surface area contributed by atoms with Gasteiger partial charge in [0.1, 0.15) is 0 Å². The highest BCUT2D eigenvalue weighted by atomic mass is 16.6. The minimum Gasteiger partial charge on any atom is -0.322 e. The summed E-state index contributed by atoms with van der Waals surface area (Å²) in [5.74, 6) is 0. The molecule has 180 valence electrons. The van der Waals surface area contributed by atoms with Crippen LogP contribution in [0.5, 0.6) is 0 Å². The van der Waals surface area contributed by atoms with Crippen molar-refractivity contribution < 1.29 is 4.92 Å². The van der Waals surface area contributed by atoms with Crippen LogP contribution in [0.2, 0.25) is 0 Å². The topological polar surface area (TPSA) is 153 Å². The van der Waals surface area contributed by atoms with E-state index in [0.717, 1.165) is 84.1 Å². The van der Waals surface area contributed by atoms with Crippen LogP contribution >= 0.6 is 0 Å². The Balaban J connectivity index is 1.70. The van der Waals surface area contributed by atoms with E-state index >= 15 is 0 Å². The number of rotatable bonds is 4. The molecule has 0 aliphatic carbocycles. The van der Waals surface area contributed by atoms with E-state index < -0.39 is 0 Å². The van der Waals surface area contributed by atoms with Crippen molar-refractivity contribution in [1.29, 1.82) is 0 Å². The Bertz CT molecular complexity index is 657. The first-order chi connectivity index (χ1) is 15.5. The number of hydrogen-bond acceptors (Lipinski definition) is 10. The molecular weight excluding hydrogens is 410 g/mol. The average Bonchev–Trinajstić information content (AvgIpc) is 2.79. The number of nitrogens with one attached hydrogen (secondary N) is 7. The Morgan fingerprint density at radius 2 is 1.19 bits per heavy atom. The molecule has 1 aromatic rings. The van der Waals surface area contributed by atoms with Gasteiger partial charge in [-0.05, 0) is 5.56 Å². The predicted molar refractivity (Wildman–Crippen MR) is 127 cm³/mol. The molecule has 0 aromatic heterocycles. The van der Waals surface area contributed by atoms with Gasteiger partial charge in [-0.3, -0.25) is 10.1 Å². The van der Waals surface area contributed by atoms with E-state index in [2.05, 4.69) is 37.2 Å². The molecule has 0 unspecified atom stereocenters. The normalized spacial score (nSPS) is 29.2. The van der Waals surface area contributed by atoms with Crippen LogP contribution in [0, 0.1) is 10.1 Å². The summed E-state index contributed by atoms with van der Waals surface area (Å²) in [6, 6.07) is 6.76. The number of nitro groups is 1. The third-order valence-electron chi connectivity index (χ3n) is 6.07. The fourth-order valence-corrected chi connectivity index (χ4v) is 4.11. The minimum atomic E-state index is -0.367. The first kappa shape index (κ1) is 24.9. The average molecular weight is 450 g/mol. The lowest BCUT2D eigenvalue weighted by Crippen LogP contribution is -2.66. The minimum absolute atomic E-state index is 0.113. The first-order valence-corrected chi connectivity index (χ1v) is 11.5. The van der Waals surface area contributed by atoms with Gasteiger partial charge in [-0.1, -0.05) is 12.1 Å². The van der Waals surface area contributed by atoms with E-state index in [-0.39, 0.29) is 21.7 Å². The summed E-state index contributed by atoms with van der Waals surface area (Å²) in [5, 5.41) is 36.0. The van der Waals surface area contributed by atoms with Gasteiger partial charge in [-0.15, -0.1) is 0 Å². The van der Waals surface area contributed by atoms with E-state index in [9.17, 15) is 10.1 Å². The highest BCUT2D eigenvalue weighted by molar-refractivity contribution is 5.32. The zero-order valence-electron chi connectivity index (χ0n) is 18.8. The van der Waals surface area contributed by atoms with E-state index in [1.807, 2.05) is 12.1 Å². The number of nitrogens with zero attached hydrogens (tertiary/aromatic N) is 1. The van der Waals surface area contributed by atoms with Crippen LogP contribution in [0.3, 0.4) is 0 Å². The lowest BCUT2D eigenvalue weighted by molar-refractivity contribution is -0.384. The number of nitro benzene ring substituents is 1. The van der Waals surface area contributed by atoms with Gasteiger partial charge in [0, 0.05) is 97.2 Å². The highest BCUT2D eigenvalue weighted by Crippen LogP contribution is 2.13. The Hall–Kier alpha value is -1.70. The van der Waals surface area contributed by atoms with Gasteiger partial charge < -0.3 is 43.0 Å². The number of non-ortho nitro benzene ring substituents is 1. The molecule has 3 saturated heterocycles. The van der Waals surface area contributed by atoms with Crippen LogP contribution in [-0.4, -0.2) is 94.5 Å². The van der Waals surface area contributed by atoms with Gasteiger partial charge in [0.05, 0.1) is 16.0 Å². The monoisotopic (exact) mass is 449 g/mol. The van der Waals surface area contributed by atoms with Crippen molar-refractivity contribution in [2.24, 2.45) is 5.73 Å². The van der Waals surface area contributed by atoms with Crippen molar-refractivity contribution in [3.63, 3.8) is 0 Å². The fourth-order valence-electron chi connectivity index (χ4n) is 4.11. The standard InChI is InChI=1S/C21H39N9O2/c22-20-12-23-5-8-26-15-21(16-27-9-6-24-13-20,17-28-10-7-25-14-20)29-11-18-1-3-19(4-2-18)30(31)32/h1-4,23-29H,5-17,22H2. The SMILES string of the molecule is NC12CNCCNCC(NCc3ccc([N+](=O)[O-])cc3)(CNCCNC1)CNCCNC2. The summed E-state index contributed by atoms with van der Waals surface area (Å²) in [6.07, 6.45) is 0. The molecule has 2 bridgehead atoms. The fraction of sp³-hybridized carbons (Fsp3) is 0.714. The van der Waals surface area contributed by atoms with Gasteiger partial charge in [0.25, 0.3) is 5.69 Å². The molecule has 3 heterocycles. The number of fused-ring (bicyclic) bond motifs is 15. The first-order valence-electron chi connectivity index (χ1n) is 11.5. The molecule has 4 rings (SSSR count). The maximum Gasteiger partial charge on any atom is 0.269 e. The quantitative estimate of drug-likeness (QED) is 0.186. The zero-order valence-corrected chi connectivity index (χ0v) is 18.8. The Morgan fingerprint density at radius 1 is 0.781 bits per heavy atom. The summed E-state index contributed by atoms with van der Waals surface area (Å²) in [6.45, 7) is 10.3. The maximum atomic E-state index is 10.9. The summed E-state index contributed by atoms with van der Waals surface area (Å²) >= 11 is 0. The van der Waals surface area contributed by atoms with Crippen LogP contribution in [0.1, 0.15) is 5.56 Å². The number of hydrogen-bond donors (Lipinski definition) is 8. The van der Waals surface area contributed by atoms with E-state index in [1.54, 1.807) is 12.1 Å². The van der Waals surface area contributed by atoms with Crippen molar-refractivity contribution in [3.8, 4) is 0 Å². The Labute approximate surface area is 190 Å². The molecule has 1 aromatic carbocycles.